The molecule has 1 aromatic rings. The molecule has 0 spiro atoms. The summed E-state index contributed by atoms with van der Waals surface area (Å²) in [6, 6.07) is 4.29. The highest BCUT2D eigenvalue weighted by molar-refractivity contribution is 5.81. The van der Waals surface area contributed by atoms with E-state index in [1.165, 1.54) is 0 Å². The van der Waals surface area contributed by atoms with Crippen molar-refractivity contribution in [3.05, 3.63) is 35.6 Å². The zero-order chi connectivity index (χ0) is 12.8. The van der Waals surface area contributed by atoms with Crippen LogP contribution in [-0.2, 0) is 9.53 Å². The number of carbonyl (C=O) groups excluding carboxylic acids is 1. The minimum Gasteiger partial charge on any atom is -0.447 e. The van der Waals surface area contributed by atoms with Gasteiger partial charge in [0.2, 0.25) is 0 Å². The van der Waals surface area contributed by atoms with Gasteiger partial charge in [-0.1, -0.05) is 12.1 Å². The molecule has 17 heavy (non-hydrogen) atoms. The molecule has 1 saturated heterocycles. The molecule has 6 nitrogen and oxygen atoms in total. The number of hydrogen-bond acceptors (Lipinski definition) is 6. The van der Waals surface area contributed by atoms with Crippen molar-refractivity contribution in [2.75, 3.05) is 0 Å². The van der Waals surface area contributed by atoms with E-state index >= 15 is 0 Å². The average Bonchev–Trinajstić information content (AvgIpc) is 2.40. The van der Waals surface area contributed by atoms with Crippen molar-refractivity contribution in [2.24, 2.45) is 0 Å². The standard InChI is InChI=1S/C10H9FO6/c11-6-3-1-5(2-4-6)7-9(13,14)10(15,16)8(12)17-7/h1-4,7,13-16H. The topological polar surface area (TPSA) is 107 Å². The van der Waals surface area contributed by atoms with Crippen LogP contribution in [0.3, 0.4) is 0 Å². The lowest BCUT2D eigenvalue weighted by atomic mass is 9.97. The summed E-state index contributed by atoms with van der Waals surface area (Å²) >= 11 is 0. The molecular formula is C10H9FO6. The normalized spacial score (nSPS) is 25.7. The molecule has 0 saturated carbocycles. The van der Waals surface area contributed by atoms with Crippen LogP contribution in [0.2, 0.25) is 0 Å². The summed E-state index contributed by atoms with van der Waals surface area (Å²) < 4.78 is 17.1. The van der Waals surface area contributed by atoms with Crippen LogP contribution in [0, 0.1) is 5.82 Å². The Bertz CT molecular complexity index is 452. The largest absolute Gasteiger partial charge is 0.447 e. The molecule has 4 N–H and O–H groups in total. The monoisotopic (exact) mass is 244 g/mol. The third-order valence-electron chi connectivity index (χ3n) is 2.56. The van der Waals surface area contributed by atoms with E-state index in [1.807, 2.05) is 0 Å². The summed E-state index contributed by atoms with van der Waals surface area (Å²) in [7, 11) is 0. The van der Waals surface area contributed by atoms with Crippen LogP contribution in [0.5, 0.6) is 0 Å². The van der Waals surface area contributed by atoms with Crippen LogP contribution in [-0.4, -0.2) is 38.0 Å². The third-order valence-corrected chi connectivity index (χ3v) is 2.56. The van der Waals surface area contributed by atoms with Crippen molar-refractivity contribution in [1.29, 1.82) is 0 Å². The van der Waals surface area contributed by atoms with Gasteiger partial charge in [0.1, 0.15) is 5.82 Å². The Morgan fingerprint density at radius 3 is 2.06 bits per heavy atom. The number of aliphatic hydroxyl groups is 4. The van der Waals surface area contributed by atoms with E-state index in [0.717, 1.165) is 24.3 Å². The molecule has 0 aliphatic carbocycles. The highest BCUT2D eigenvalue weighted by atomic mass is 19.1. The SMILES string of the molecule is O=C1OC(c2ccc(F)cc2)C(O)(O)C1(O)O. The van der Waals surface area contributed by atoms with E-state index in [0.29, 0.717) is 0 Å². The number of esters is 1. The van der Waals surface area contributed by atoms with Crippen molar-refractivity contribution in [3.8, 4) is 0 Å². The molecule has 0 bridgehead atoms. The van der Waals surface area contributed by atoms with Crippen LogP contribution in [0.15, 0.2) is 24.3 Å². The summed E-state index contributed by atoms with van der Waals surface area (Å²) in [5, 5.41) is 37.4. The second-order valence-corrected chi connectivity index (χ2v) is 3.74. The summed E-state index contributed by atoms with van der Waals surface area (Å²) in [6.07, 6.45) is -1.70. The zero-order valence-corrected chi connectivity index (χ0v) is 8.37. The molecule has 0 aromatic heterocycles. The molecular weight excluding hydrogens is 235 g/mol. The van der Waals surface area contributed by atoms with Crippen LogP contribution < -0.4 is 0 Å². The molecule has 1 fully saturated rings. The Kier molecular flexibility index (Phi) is 2.44. The van der Waals surface area contributed by atoms with Gasteiger partial charge in [-0.05, 0) is 17.7 Å². The van der Waals surface area contributed by atoms with Crippen molar-refractivity contribution >= 4 is 5.97 Å². The number of ether oxygens (including phenoxy) is 1. The van der Waals surface area contributed by atoms with Gasteiger partial charge in [-0.15, -0.1) is 0 Å². The second kappa shape index (κ2) is 3.47. The highest BCUT2D eigenvalue weighted by Gasteiger charge is 2.67. The van der Waals surface area contributed by atoms with Crippen LogP contribution in [0.4, 0.5) is 4.39 Å². The number of halogens is 1. The van der Waals surface area contributed by atoms with Crippen molar-refractivity contribution < 1.29 is 34.3 Å². The molecule has 0 amide bonds. The van der Waals surface area contributed by atoms with Gasteiger partial charge in [0.15, 0.2) is 6.10 Å². The fourth-order valence-corrected chi connectivity index (χ4v) is 1.54. The summed E-state index contributed by atoms with van der Waals surface area (Å²) in [5.41, 5.74) is 0.0229. The number of rotatable bonds is 1. The summed E-state index contributed by atoms with van der Waals surface area (Å²) in [4.78, 5) is 11.0. The average molecular weight is 244 g/mol. The van der Waals surface area contributed by atoms with Gasteiger partial charge < -0.3 is 25.2 Å². The summed E-state index contributed by atoms with van der Waals surface area (Å²) in [6.45, 7) is 0. The van der Waals surface area contributed by atoms with Gasteiger partial charge in [-0.2, -0.15) is 0 Å². The van der Waals surface area contributed by atoms with Gasteiger partial charge in [0, 0.05) is 0 Å². The molecule has 1 atom stereocenters. The quantitative estimate of drug-likeness (QED) is 0.364. The molecule has 1 heterocycles. The fourth-order valence-electron chi connectivity index (χ4n) is 1.54. The first-order valence-corrected chi connectivity index (χ1v) is 4.63. The molecule has 1 aliphatic heterocycles. The van der Waals surface area contributed by atoms with Gasteiger partial charge in [-0.3, -0.25) is 0 Å². The molecule has 1 unspecified atom stereocenters. The molecule has 1 aromatic carbocycles. The van der Waals surface area contributed by atoms with Crippen molar-refractivity contribution in [1.82, 2.24) is 0 Å². The van der Waals surface area contributed by atoms with E-state index < -0.39 is 29.5 Å². The third kappa shape index (κ3) is 1.60. The summed E-state index contributed by atoms with van der Waals surface area (Å²) in [5.74, 6) is -8.79. The predicted molar refractivity (Wildman–Crippen MR) is 49.6 cm³/mol. The lowest BCUT2D eigenvalue weighted by Crippen LogP contribution is -2.55. The van der Waals surface area contributed by atoms with Gasteiger partial charge >= 0.3 is 11.8 Å². The Hall–Kier alpha value is -1.54. The lowest BCUT2D eigenvalue weighted by Gasteiger charge is -2.27. The maximum atomic E-state index is 12.7. The van der Waals surface area contributed by atoms with E-state index in [-0.39, 0.29) is 5.56 Å². The number of benzene rings is 1. The first kappa shape index (κ1) is 11.9. The van der Waals surface area contributed by atoms with E-state index in [9.17, 15) is 29.6 Å². The van der Waals surface area contributed by atoms with Gasteiger partial charge in [0.05, 0.1) is 0 Å². The Balaban J connectivity index is 2.42. The molecule has 1 aliphatic rings. The lowest BCUT2D eigenvalue weighted by molar-refractivity contribution is -0.333. The molecule has 0 radical (unpaired) electrons. The van der Waals surface area contributed by atoms with E-state index in [2.05, 4.69) is 4.74 Å². The van der Waals surface area contributed by atoms with Gasteiger partial charge in [0.25, 0.3) is 5.79 Å². The maximum Gasteiger partial charge on any atom is 0.373 e. The highest BCUT2D eigenvalue weighted by Crippen LogP contribution is 2.41. The maximum absolute atomic E-state index is 12.7. The van der Waals surface area contributed by atoms with E-state index in [1.54, 1.807) is 0 Å². The van der Waals surface area contributed by atoms with E-state index in [4.69, 9.17) is 0 Å². The molecule has 7 heteroatoms. The van der Waals surface area contributed by atoms with Crippen LogP contribution in [0.1, 0.15) is 11.7 Å². The Morgan fingerprint density at radius 2 is 1.65 bits per heavy atom. The first-order chi connectivity index (χ1) is 7.76. The minimum atomic E-state index is -3.42. The smallest absolute Gasteiger partial charge is 0.373 e. The van der Waals surface area contributed by atoms with Crippen molar-refractivity contribution in [3.63, 3.8) is 0 Å². The Labute approximate surface area is 94.5 Å². The second-order valence-electron chi connectivity index (χ2n) is 3.74. The van der Waals surface area contributed by atoms with Gasteiger partial charge in [-0.25, -0.2) is 9.18 Å². The van der Waals surface area contributed by atoms with Crippen molar-refractivity contribution in [2.45, 2.75) is 17.7 Å². The van der Waals surface area contributed by atoms with Crippen LogP contribution in [0.25, 0.3) is 0 Å². The first-order valence-electron chi connectivity index (χ1n) is 4.63. The Morgan fingerprint density at radius 1 is 1.12 bits per heavy atom. The van der Waals surface area contributed by atoms with Crippen LogP contribution >= 0.6 is 0 Å². The number of carbonyl (C=O) groups is 1. The number of hydrogen-bond donors (Lipinski definition) is 4. The molecule has 92 valence electrons. The minimum absolute atomic E-state index is 0.0229. The molecule has 2 rings (SSSR count). The predicted octanol–water partition coefficient (Wildman–Crippen LogP) is -1.21. The fraction of sp³-hybridized carbons (Fsp3) is 0.300. The number of cyclic esters (lactones) is 1. The zero-order valence-electron chi connectivity index (χ0n) is 8.37.